The van der Waals surface area contributed by atoms with Crippen LogP contribution in [0.2, 0.25) is 0 Å². The molecule has 116 valence electrons. The Balaban J connectivity index is 1.53. The summed E-state index contributed by atoms with van der Waals surface area (Å²) in [5.41, 5.74) is 2.27. The van der Waals surface area contributed by atoms with Crippen LogP contribution in [0.4, 0.5) is 0 Å². The van der Waals surface area contributed by atoms with Gasteiger partial charge in [0, 0.05) is 6.42 Å². The summed E-state index contributed by atoms with van der Waals surface area (Å²) in [7, 11) is 0. The number of fused-ring (bicyclic) bond motifs is 1. The molecule has 1 aromatic rings. The van der Waals surface area contributed by atoms with Gasteiger partial charge in [-0.15, -0.1) is 0 Å². The van der Waals surface area contributed by atoms with Crippen LogP contribution in [0, 0.1) is 5.92 Å². The molecule has 0 unspecified atom stereocenters. The van der Waals surface area contributed by atoms with E-state index in [2.05, 4.69) is 25.1 Å². The molecule has 1 fully saturated rings. The minimum atomic E-state index is -0.417. The van der Waals surface area contributed by atoms with E-state index >= 15 is 0 Å². The second-order valence-electron chi connectivity index (χ2n) is 7.00. The summed E-state index contributed by atoms with van der Waals surface area (Å²) in [6.45, 7) is 3.08. The number of benzene rings is 1. The van der Waals surface area contributed by atoms with E-state index in [9.17, 15) is 5.11 Å². The minimum Gasteiger partial charge on any atom is -0.493 e. The van der Waals surface area contributed by atoms with E-state index < -0.39 is 5.60 Å². The van der Waals surface area contributed by atoms with E-state index in [1.54, 1.807) is 0 Å². The van der Waals surface area contributed by atoms with Crippen molar-refractivity contribution < 1.29 is 9.84 Å². The third-order valence-electron chi connectivity index (χ3n) is 5.37. The fourth-order valence-electron chi connectivity index (χ4n) is 3.93. The number of hydrogen-bond donors (Lipinski definition) is 1. The lowest BCUT2D eigenvalue weighted by Gasteiger charge is -2.36. The van der Waals surface area contributed by atoms with Crippen molar-refractivity contribution >= 4 is 0 Å². The van der Waals surface area contributed by atoms with Crippen molar-refractivity contribution in [2.24, 2.45) is 5.92 Å². The van der Waals surface area contributed by atoms with Gasteiger partial charge in [0.15, 0.2) is 0 Å². The first-order chi connectivity index (χ1) is 10.2. The topological polar surface area (TPSA) is 29.5 Å². The molecule has 0 atom stereocenters. The third-order valence-corrected chi connectivity index (χ3v) is 5.37. The molecule has 2 aliphatic rings. The highest BCUT2D eigenvalue weighted by molar-refractivity contribution is 5.39. The van der Waals surface area contributed by atoms with E-state index in [-0.39, 0.29) is 0 Å². The van der Waals surface area contributed by atoms with E-state index in [0.29, 0.717) is 0 Å². The molecule has 1 heterocycles. The fourth-order valence-corrected chi connectivity index (χ4v) is 3.93. The molecule has 1 N–H and O–H groups in total. The highest BCUT2D eigenvalue weighted by atomic mass is 16.5. The quantitative estimate of drug-likeness (QED) is 0.876. The van der Waals surface area contributed by atoms with Crippen LogP contribution in [0.15, 0.2) is 18.2 Å². The number of aliphatic hydroxyl groups is 1. The van der Waals surface area contributed by atoms with E-state index in [1.165, 1.54) is 36.8 Å². The van der Waals surface area contributed by atoms with Gasteiger partial charge in [-0.2, -0.15) is 0 Å². The molecule has 0 aromatic heterocycles. The number of aryl methyl sites for hydroxylation is 1. The summed E-state index contributed by atoms with van der Waals surface area (Å²) < 4.78 is 5.55. The monoisotopic (exact) mass is 288 g/mol. The fraction of sp³-hybridized carbons (Fsp3) is 0.684. The summed E-state index contributed by atoms with van der Waals surface area (Å²) in [6.07, 6.45) is 9.95. The lowest BCUT2D eigenvalue weighted by Crippen LogP contribution is -2.34. The number of hydrogen-bond acceptors (Lipinski definition) is 2. The van der Waals surface area contributed by atoms with Gasteiger partial charge in [0.1, 0.15) is 5.75 Å². The van der Waals surface area contributed by atoms with Crippen LogP contribution >= 0.6 is 0 Å². The molecule has 21 heavy (non-hydrogen) atoms. The normalized spacial score (nSPS) is 28.2. The van der Waals surface area contributed by atoms with E-state index in [4.69, 9.17) is 4.74 Å². The van der Waals surface area contributed by atoms with Gasteiger partial charge in [-0.3, -0.25) is 0 Å². The van der Waals surface area contributed by atoms with Gasteiger partial charge in [-0.25, -0.2) is 0 Å². The zero-order chi connectivity index (χ0) is 14.7. The smallest absolute Gasteiger partial charge is 0.122 e. The largest absolute Gasteiger partial charge is 0.493 e. The van der Waals surface area contributed by atoms with Crippen molar-refractivity contribution in [2.75, 3.05) is 6.61 Å². The highest BCUT2D eigenvalue weighted by Gasteiger charge is 2.32. The molecule has 0 bridgehead atoms. The lowest BCUT2D eigenvalue weighted by atomic mass is 9.75. The molecule has 1 saturated carbocycles. The van der Waals surface area contributed by atoms with E-state index in [0.717, 1.165) is 50.4 Å². The first kappa shape index (κ1) is 14.9. The summed E-state index contributed by atoms with van der Waals surface area (Å²) in [6, 6.07) is 6.53. The maximum Gasteiger partial charge on any atom is 0.122 e. The zero-order valence-electron chi connectivity index (χ0n) is 13.2. The molecule has 0 radical (unpaired) electrons. The van der Waals surface area contributed by atoms with Gasteiger partial charge in [0.25, 0.3) is 0 Å². The third kappa shape index (κ3) is 3.60. The van der Waals surface area contributed by atoms with Crippen molar-refractivity contribution in [1.29, 1.82) is 0 Å². The molecule has 0 saturated heterocycles. The Hall–Kier alpha value is -1.02. The Morgan fingerprint density at radius 3 is 2.86 bits per heavy atom. The summed E-state index contributed by atoms with van der Waals surface area (Å²) in [5, 5.41) is 10.8. The zero-order valence-corrected chi connectivity index (χ0v) is 13.2. The van der Waals surface area contributed by atoms with Gasteiger partial charge in [-0.05, 0) is 61.6 Å². The van der Waals surface area contributed by atoms with Crippen molar-refractivity contribution in [1.82, 2.24) is 0 Å². The standard InChI is InChI=1S/C19H28O2/c1-2-3-15-6-10-19(20,11-7-15)12-8-16-4-5-18-17(14-16)9-13-21-18/h4-5,14-15,20H,2-3,6-13H2,1H3. The molecule has 2 nitrogen and oxygen atoms in total. The summed E-state index contributed by atoms with van der Waals surface area (Å²) >= 11 is 0. The molecular weight excluding hydrogens is 260 g/mol. The first-order valence-electron chi connectivity index (χ1n) is 8.65. The molecular formula is C19H28O2. The van der Waals surface area contributed by atoms with Crippen LogP contribution in [0.25, 0.3) is 0 Å². The molecule has 1 aromatic carbocycles. The number of rotatable bonds is 5. The lowest BCUT2D eigenvalue weighted by molar-refractivity contribution is -0.0172. The SMILES string of the molecule is CCCC1CCC(O)(CCc2ccc3c(c2)CCO3)CC1. The van der Waals surface area contributed by atoms with Crippen LogP contribution < -0.4 is 4.74 Å². The second-order valence-corrected chi connectivity index (χ2v) is 7.00. The average molecular weight is 288 g/mol. The minimum absolute atomic E-state index is 0.417. The van der Waals surface area contributed by atoms with Gasteiger partial charge < -0.3 is 9.84 Å². The first-order valence-corrected chi connectivity index (χ1v) is 8.65. The van der Waals surface area contributed by atoms with Crippen LogP contribution in [0.3, 0.4) is 0 Å². The second kappa shape index (κ2) is 6.39. The van der Waals surface area contributed by atoms with Gasteiger partial charge in [0.2, 0.25) is 0 Å². The Labute approximate surface area is 128 Å². The predicted molar refractivity (Wildman–Crippen MR) is 85.8 cm³/mol. The van der Waals surface area contributed by atoms with E-state index in [1.807, 2.05) is 0 Å². The Bertz CT molecular complexity index is 472. The Morgan fingerprint density at radius 2 is 2.10 bits per heavy atom. The Kier molecular flexibility index (Phi) is 4.54. The van der Waals surface area contributed by atoms with Crippen LogP contribution in [0.1, 0.15) is 63.0 Å². The average Bonchev–Trinajstić information content (AvgIpc) is 2.96. The molecule has 3 rings (SSSR count). The van der Waals surface area contributed by atoms with Crippen molar-refractivity contribution in [3.63, 3.8) is 0 Å². The van der Waals surface area contributed by atoms with Crippen molar-refractivity contribution in [3.8, 4) is 5.75 Å². The number of ether oxygens (including phenoxy) is 1. The van der Waals surface area contributed by atoms with Gasteiger partial charge in [0.05, 0.1) is 12.2 Å². The summed E-state index contributed by atoms with van der Waals surface area (Å²) in [5.74, 6) is 1.91. The molecule has 0 amide bonds. The Morgan fingerprint density at radius 1 is 1.29 bits per heavy atom. The highest BCUT2D eigenvalue weighted by Crippen LogP contribution is 2.37. The van der Waals surface area contributed by atoms with Crippen molar-refractivity contribution in [3.05, 3.63) is 29.3 Å². The van der Waals surface area contributed by atoms with Crippen molar-refractivity contribution in [2.45, 2.75) is 70.3 Å². The maximum absolute atomic E-state index is 10.8. The van der Waals surface area contributed by atoms with Gasteiger partial charge >= 0.3 is 0 Å². The summed E-state index contributed by atoms with van der Waals surface area (Å²) in [4.78, 5) is 0. The predicted octanol–water partition coefficient (Wildman–Crippen LogP) is 4.28. The van der Waals surface area contributed by atoms with Gasteiger partial charge in [-0.1, -0.05) is 31.9 Å². The molecule has 1 aliphatic heterocycles. The van der Waals surface area contributed by atoms with Crippen LogP contribution in [-0.4, -0.2) is 17.3 Å². The van der Waals surface area contributed by atoms with Crippen LogP contribution in [-0.2, 0) is 12.8 Å². The van der Waals surface area contributed by atoms with Crippen LogP contribution in [0.5, 0.6) is 5.75 Å². The maximum atomic E-state index is 10.8. The molecule has 0 spiro atoms. The molecule has 2 heteroatoms. The molecule has 1 aliphatic carbocycles.